The summed E-state index contributed by atoms with van der Waals surface area (Å²) in [5, 5.41) is 10.5. The Morgan fingerprint density at radius 2 is 2.06 bits per heavy atom. The van der Waals surface area contributed by atoms with Gasteiger partial charge in [-0.05, 0) is 36.1 Å². The molecule has 0 saturated heterocycles. The minimum atomic E-state index is -0.453. The van der Waals surface area contributed by atoms with Crippen LogP contribution >= 0.6 is 11.6 Å². The highest BCUT2D eigenvalue weighted by molar-refractivity contribution is 6.30. The van der Waals surface area contributed by atoms with Gasteiger partial charge >= 0.3 is 0 Å². The molecule has 1 aromatic rings. The topological polar surface area (TPSA) is 20.2 Å². The Kier molecular flexibility index (Phi) is 4.41. The van der Waals surface area contributed by atoms with E-state index in [1.54, 1.807) is 6.07 Å². The van der Waals surface area contributed by atoms with Crippen molar-refractivity contribution in [2.75, 3.05) is 0 Å². The molecule has 94 valence electrons. The van der Waals surface area contributed by atoms with E-state index in [-0.39, 0.29) is 5.82 Å². The second kappa shape index (κ2) is 5.83. The van der Waals surface area contributed by atoms with Crippen LogP contribution < -0.4 is 0 Å². The van der Waals surface area contributed by atoms with Gasteiger partial charge in [0.05, 0.1) is 6.10 Å². The second-order valence-corrected chi connectivity index (χ2v) is 5.42. The minimum absolute atomic E-state index is 0.278. The Hall–Kier alpha value is -0.600. The maximum Gasteiger partial charge on any atom is 0.126 e. The maximum absolute atomic E-state index is 13.5. The fourth-order valence-electron chi connectivity index (χ4n) is 2.67. The van der Waals surface area contributed by atoms with Gasteiger partial charge in [0.25, 0.3) is 0 Å². The second-order valence-electron chi connectivity index (χ2n) is 4.98. The fourth-order valence-corrected chi connectivity index (χ4v) is 2.86. The summed E-state index contributed by atoms with van der Waals surface area (Å²) < 4.78 is 13.5. The molecule has 0 amide bonds. The van der Waals surface area contributed by atoms with Crippen molar-refractivity contribution in [2.24, 2.45) is 5.92 Å². The van der Waals surface area contributed by atoms with E-state index in [2.05, 4.69) is 0 Å². The lowest BCUT2D eigenvalue weighted by atomic mass is 9.96. The zero-order valence-corrected chi connectivity index (χ0v) is 10.6. The van der Waals surface area contributed by atoms with Gasteiger partial charge in [0, 0.05) is 11.4 Å². The maximum atomic E-state index is 13.5. The number of hydrogen-bond acceptors (Lipinski definition) is 1. The molecule has 1 N–H and O–H groups in total. The molecule has 1 nitrogen and oxygen atoms in total. The van der Waals surface area contributed by atoms with Crippen LogP contribution in [-0.2, 0) is 6.42 Å². The van der Waals surface area contributed by atoms with Crippen molar-refractivity contribution < 1.29 is 9.50 Å². The average Bonchev–Trinajstić information content (AvgIpc) is 2.76. The first kappa shape index (κ1) is 12.8. The van der Waals surface area contributed by atoms with E-state index >= 15 is 0 Å². The fraction of sp³-hybridized carbons (Fsp3) is 0.571. The molecule has 1 unspecified atom stereocenters. The molecular formula is C14H18ClFO. The van der Waals surface area contributed by atoms with Crippen LogP contribution in [0.3, 0.4) is 0 Å². The third-order valence-electron chi connectivity index (χ3n) is 3.54. The molecule has 17 heavy (non-hydrogen) atoms. The monoisotopic (exact) mass is 256 g/mol. The molecule has 0 heterocycles. The van der Waals surface area contributed by atoms with E-state index in [4.69, 9.17) is 11.6 Å². The number of aliphatic hydroxyl groups is 1. The number of rotatable bonds is 4. The van der Waals surface area contributed by atoms with Crippen LogP contribution in [-0.4, -0.2) is 11.2 Å². The van der Waals surface area contributed by atoms with Crippen molar-refractivity contribution in [3.05, 3.63) is 34.6 Å². The largest absolute Gasteiger partial charge is 0.393 e. The van der Waals surface area contributed by atoms with Gasteiger partial charge in [0.1, 0.15) is 5.82 Å². The summed E-state index contributed by atoms with van der Waals surface area (Å²) in [5.74, 6) is 0.340. The molecule has 1 fully saturated rings. The van der Waals surface area contributed by atoms with E-state index < -0.39 is 6.10 Å². The van der Waals surface area contributed by atoms with Gasteiger partial charge < -0.3 is 5.11 Å². The summed E-state index contributed by atoms with van der Waals surface area (Å²) in [6, 6.07) is 4.50. The Morgan fingerprint density at radius 3 is 2.76 bits per heavy atom. The van der Waals surface area contributed by atoms with Crippen molar-refractivity contribution in [3.8, 4) is 0 Å². The lowest BCUT2D eigenvalue weighted by Crippen LogP contribution is -2.15. The lowest BCUT2D eigenvalue weighted by Gasteiger charge is -2.15. The normalized spacial score (nSPS) is 18.5. The summed E-state index contributed by atoms with van der Waals surface area (Å²) in [5.41, 5.74) is 0.517. The summed E-state index contributed by atoms with van der Waals surface area (Å²) in [6.45, 7) is 0. The van der Waals surface area contributed by atoms with E-state index in [0.717, 1.165) is 6.42 Å². The zero-order valence-electron chi connectivity index (χ0n) is 9.83. The molecule has 2 rings (SSSR count). The van der Waals surface area contributed by atoms with Crippen molar-refractivity contribution in [1.29, 1.82) is 0 Å². The van der Waals surface area contributed by atoms with E-state index in [1.807, 2.05) is 0 Å². The van der Waals surface area contributed by atoms with Gasteiger partial charge in [-0.25, -0.2) is 4.39 Å². The quantitative estimate of drug-likeness (QED) is 0.865. The molecule has 0 aromatic heterocycles. The van der Waals surface area contributed by atoms with Crippen LogP contribution in [0.4, 0.5) is 4.39 Å². The van der Waals surface area contributed by atoms with Crippen LogP contribution in [0.2, 0.25) is 5.02 Å². The first-order valence-electron chi connectivity index (χ1n) is 6.27. The summed E-state index contributed by atoms with van der Waals surface area (Å²) in [6.07, 6.45) is 5.64. The standard InChI is InChI=1S/C14H18ClFO/c15-12-5-6-14(16)11(8-12)9-13(17)7-10-3-1-2-4-10/h5-6,8,10,13,17H,1-4,7,9H2. The molecule has 0 bridgehead atoms. The van der Waals surface area contributed by atoms with Crippen molar-refractivity contribution in [2.45, 2.75) is 44.6 Å². The van der Waals surface area contributed by atoms with Crippen LogP contribution in [0.15, 0.2) is 18.2 Å². The Morgan fingerprint density at radius 1 is 1.35 bits per heavy atom. The van der Waals surface area contributed by atoms with E-state index in [0.29, 0.717) is 22.9 Å². The minimum Gasteiger partial charge on any atom is -0.393 e. The predicted octanol–water partition coefficient (Wildman–Crippen LogP) is 3.96. The van der Waals surface area contributed by atoms with Crippen molar-refractivity contribution >= 4 is 11.6 Å². The van der Waals surface area contributed by atoms with Gasteiger partial charge in [-0.2, -0.15) is 0 Å². The number of halogens is 2. The Balaban J connectivity index is 1.92. The molecule has 0 radical (unpaired) electrons. The molecule has 1 aliphatic carbocycles. The molecule has 1 saturated carbocycles. The van der Waals surface area contributed by atoms with E-state index in [1.165, 1.54) is 37.8 Å². The van der Waals surface area contributed by atoms with E-state index in [9.17, 15) is 9.50 Å². The molecular weight excluding hydrogens is 239 g/mol. The first-order valence-corrected chi connectivity index (χ1v) is 6.65. The van der Waals surface area contributed by atoms with Crippen LogP contribution in [0.1, 0.15) is 37.7 Å². The summed E-state index contributed by atoms with van der Waals surface area (Å²) in [4.78, 5) is 0. The SMILES string of the molecule is OC(Cc1cc(Cl)ccc1F)CC1CCCC1. The molecule has 0 spiro atoms. The first-order chi connectivity index (χ1) is 8.15. The van der Waals surface area contributed by atoms with Gasteiger partial charge in [-0.15, -0.1) is 0 Å². The van der Waals surface area contributed by atoms with Gasteiger partial charge in [-0.3, -0.25) is 0 Å². The molecule has 1 atom stereocenters. The van der Waals surface area contributed by atoms with Gasteiger partial charge in [-0.1, -0.05) is 37.3 Å². The average molecular weight is 257 g/mol. The van der Waals surface area contributed by atoms with Crippen LogP contribution in [0, 0.1) is 11.7 Å². The van der Waals surface area contributed by atoms with Crippen LogP contribution in [0.5, 0.6) is 0 Å². The number of benzene rings is 1. The number of aliphatic hydroxyl groups excluding tert-OH is 1. The molecule has 3 heteroatoms. The zero-order chi connectivity index (χ0) is 12.3. The smallest absolute Gasteiger partial charge is 0.126 e. The predicted molar refractivity (Wildman–Crippen MR) is 67.7 cm³/mol. The van der Waals surface area contributed by atoms with Gasteiger partial charge in [0.2, 0.25) is 0 Å². The molecule has 1 aliphatic rings. The third kappa shape index (κ3) is 3.68. The van der Waals surface area contributed by atoms with Crippen molar-refractivity contribution in [3.63, 3.8) is 0 Å². The summed E-state index contributed by atoms with van der Waals surface area (Å²) in [7, 11) is 0. The molecule has 1 aromatic carbocycles. The highest BCUT2D eigenvalue weighted by Crippen LogP contribution is 2.29. The highest BCUT2D eigenvalue weighted by Gasteiger charge is 2.19. The van der Waals surface area contributed by atoms with Crippen molar-refractivity contribution in [1.82, 2.24) is 0 Å². The Bertz CT molecular complexity index is 374. The third-order valence-corrected chi connectivity index (χ3v) is 3.78. The van der Waals surface area contributed by atoms with Crippen LogP contribution in [0.25, 0.3) is 0 Å². The Labute approximate surface area is 107 Å². The number of hydrogen-bond donors (Lipinski definition) is 1. The summed E-state index contributed by atoms with van der Waals surface area (Å²) >= 11 is 5.82. The lowest BCUT2D eigenvalue weighted by molar-refractivity contribution is 0.142. The highest BCUT2D eigenvalue weighted by atomic mass is 35.5. The van der Waals surface area contributed by atoms with Gasteiger partial charge in [0.15, 0.2) is 0 Å². The molecule has 0 aliphatic heterocycles.